The molecule has 1 heterocycles. The van der Waals surface area contributed by atoms with Crippen molar-refractivity contribution in [2.45, 2.75) is 12.5 Å². The lowest BCUT2D eigenvalue weighted by Gasteiger charge is -2.16. The van der Waals surface area contributed by atoms with Crippen molar-refractivity contribution in [1.82, 2.24) is 10.3 Å². The predicted octanol–water partition coefficient (Wildman–Crippen LogP) is 2.76. The first-order chi connectivity index (χ1) is 10.2. The van der Waals surface area contributed by atoms with E-state index >= 15 is 0 Å². The minimum atomic E-state index is -0.465. The monoisotopic (exact) mass is 286 g/mol. The summed E-state index contributed by atoms with van der Waals surface area (Å²) in [6.07, 6.45) is 0.647. The van der Waals surface area contributed by atoms with Gasteiger partial charge in [-0.1, -0.05) is 18.2 Å². The number of fused-ring (bicyclic) bond motifs is 1. The van der Waals surface area contributed by atoms with Gasteiger partial charge in [0.15, 0.2) is 5.58 Å². The summed E-state index contributed by atoms with van der Waals surface area (Å²) in [5, 5.41) is 3.21. The van der Waals surface area contributed by atoms with Gasteiger partial charge in [0.2, 0.25) is 0 Å². The van der Waals surface area contributed by atoms with Gasteiger partial charge in [-0.2, -0.15) is 0 Å². The van der Waals surface area contributed by atoms with Crippen molar-refractivity contribution in [1.29, 1.82) is 0 Å². The predicted molar refractivity (Wildman–Crippen MR) is 78.7 cm³/mol. The Balaban J connectivity index is 1.92. The van der Waals surface area contributed by atoms with Crippen molar-refractivity contribution in [2.24, 2.45) is 0 Å². The number of nitrogens with one attached hydrogen (secondary N) is 2. The maximum absolute atomic E-state index is 13.3. The smallest absolute Gasteiger partial charge is 0.408 e. The fourth-order valence-electron chi connectivity index (χ4n) is 2.46. The number of H-pyrrole nitrogens is 1. The number of aromatic nitrogens is 1. The molecule has 4 nitrogen and oxygen atoms in total. The molecule has 1 aromatic heterocycles. The molecule has 1 atom stereocenters. The Kier molecular flexibility index (Phi) is 3.58. The highest BCUT2D eigenvalue weighted by molar-refractivity contribution is 5.72. The number of rotatable bonds is 4. The van der Waals surface area contributed by atoms with Crippen LogP contribution in [0.3, 0.4) is 0 Å². The molecule has 2 N–H and O–H groups in total. The van der Waals surface area contributed by atoms with Gasteiger partial charge >= 0.3 is 5.76 Å². The molecule has 0 saturated carbocycles. The molecule has 0 radical (unpaired) electrons. The number of hydrogen-bond donors (Lipinski definition) is 2. The molecule has 0 spiro atoms. The molecule has 0 fully saturated rings. The largest absolute Gasteiger partial charge is 0.417 e. The maximum Gasteiger partial charge on any atom is 0.417 e. The minimum absolute atomic E-state index is 0.0106. The summed E-state index contributed by atoms with van der Waals surface area (Å²) in [5.74, 6) is -0.706. The molecule has 108 valence electrons. The van der Waals surface area contributed by atoms with Crippen molar-refractivity contribution < 1.29 is 8.81 Å². The lowest BCUT2D eigenvalue weighted by molar-refractivity contribution is 0.551. The second-order valence-corrected chi connectivity index (χ2v) is 4.95. The van der Waals surface area contributed by atoms with Gasteiger partial charge in [-0.25, -0.2) is 9.18 Å². The zero-order valence-electron chi connectivity index (χ0n) is 11.5. The quantitative estimate of drug-likeness (QED) is 0.775. The van der Waals surface area contributed by atoms with E-state index in [9.17, 15) is 9.18 Å². The fraction of sp³-hybridized carbons (Fsp3) is 0.188. The third kappa shape index (κ3) is 2.87. The molecule has 0 bridgehead atoms. The van der Waals surface area contributed by atoms with Crippen LogP contribution < -0.4 is 11.1 Å². The minimum Gasteiger partial charge on any atom is -0.408 e. The van der Waals surface area contributed by atoms with E-state index < -0.39 is 5.76 Å². The van der Waals surface area contributed by atoms with Gasteiger partial charge in [0, 0.05) is 6.04 Å². The molecule has 3 rings (SSSR count). The lowest BCUT2D eigenvalue weighted by Crippen LogP contribution is -2.18. The third-order valence-electron chi connectivity index (χ3n) is 3.52. The Labute approximate surface area is 120 Å². The first kappa shape index (κ1) is 13.6. The number of aromatic amines is 1. The van der Waals surface area contributed by atoms with Crippen LogP contribution in [0.15, 0.2) is 51.7 Å². The van der Waals surface area contributed by atoms with Gasteiger partial charge in [0.1, 0.15) is 5.82 Å². The van der Waals surface area contributed by atoms with Crippen LogP contribution in [-0.2, 0) is 6.42 Å². The van der Waals surface area contributed by atoms with E-state index in [1.807, 2.05) is 31.3 Å². The van der Waals surface area contributed by atoms with Crippen molar-refractivity contribution in [3.63, 3.8) is 0 Å². The van der Waals surface area contributed by atoms with E-state index in [2.05, 4.69) is 10.3 Å². The second kappa shape index (κ2) is 5.54. The van der Waals surface area contributed by atoms with E-state index in [0.717, 1.165) is 11.1 Å². The highest BCUT2D eigenvalue weighted by Gasteiger charge is 2.12. The van der Waals surface area contributed by atoms with Crippen LogP contribution in [0.1, 0.15) is 17.2 Å². The van der Waals surface area contributed by atoms with Crippen LogP contribution in [0.5, 0.6) is 0 Å². The molecule has 3 aromatic rings. The molecule has 1 unspecified atom stereocenters. The number of likely N-dealkylation sites (N-methyl/N-ethyl adjacent to an activating group) is 1. The molecule has 0 aliphatic rings. The van der Waals surface area contributed by atoms with E-state index in [1.165, 1.54) is 12.1 Å². The number of halogens is 1. The van der Waals surface area contributed by atoms with Crippen molar-refractivity contribution >= 4 is 11.1 Å². The molecule has 0 amide bonds. The number of hydrogen-bond acceptors (Lipinski definition) is 3. The van der Waals surface area contributed by atoms with Gasteiger partial charge in [0.05, 0.1) is 5.52 Å². The standard InChI is InChI=1S/C16H15FN2O2/c1-18-14(8-10-3-2-4-12(17)7-10)11-5-6-13-15(9-11)21-16(20)19-13/h2-7,9,14,18H,8H2,1H3,(H,19,20). The summed E-state index contributed by atoms with van der Waals surface area (Å²) >= 11 is 0. The van der Waals surface area contributed by atoms with Crippen molar-refractivity contribution in [3.05, 3.63) is 70.0 Å². The first-order valence-electron chi connectivity index (χ1n) is 6.70. The zero-order valence-corrected chi connectivity index (χ0v) is 11.5. The molecule has 21 heavy (non-hydrogen) atoms. The van der Waals surface area contributed by atoms with Crippen LogP contribution in [0.25, 0.3) is 11.1 Å². The number of benzene rings is 2. The Morgan fingerprint density at radius 3 is 2.90 bits per heavy atom. The molecule has 0 aliphatic heterocycles. The summed E-state index contributed by atoms with van der Waals surface area (Å²) in [4.78, 5) is 13.8. The SMILES string of the molecule is CNC(Cc1cccc(F)c1)c1ccc2[nH]c(=O)oc2c1. The first-order valence-corrected chi connectivity index (χ1v) is 6.70. The average molecular weight is 286 g/mol. The Bertz CT molecular complexity index is 822. The van der Waals surface area contributed by atoms with E-state index in [0.29, 0.717) is 17.5 Å². The summed E-state index contributed by atoms with van der Waals surface area (Å²) in [5.41, 5.74) is 3.09. The van der Waals surface area contributed by atoms with Gasteiger partial charge in [-0.3, -0.25) is 4.98 Å². The average Bonchev–Trinajstić information content (AvgIpc) is 2.84. The molecular weight excluding hydrogens is 271 g/mol. The van der Waals surface area contributed by atoms with Gasteiger partial charge in [0.25, 0.3) is 0 Å². The highest BCUT2D eigenvalue weighted by Crippen LogP contribution is 2.22. The van der Waals surface area contributed by atoms with Gasteiger partial charge in [-0.05, 0) is 48.9 Å². The molecule has 0 saturated heterocycles. The Morgan fingerprint density at radius 1 is 1.29 bits per heavy atom. The summed E-state index contributed by atoms with van der Waals surface area (Å²) < 4.78 is 18.3. The summed E-state index contributed by atoms with van der Waals surface area (Å²) in [6.45, 7) is 0. The fourth-order valence-corrected chi connectivity index (χ4v) is 2.46. The van der Waals surface area contributed by atoms with Crippen LogP contribution in [0.4, 0.5) is 4.39 Å². The van der Waals surface area contributed by atoms with Crippen LogP contribution in [0, 0.1) is 5.82 Å². The Hall–Kier alpha value is -2.40. The zero-order chi connectivity index (χ0) is 14.8. The third-order valence-corrected chi connectivity index (χ3v) is 3.52. The van der Waals surface area contributed by atoms with E-state index in [4.69, 9.17) is 4.42 Å². The molecule has 2 aromatic carbocycles. The number of oxazole rings is 1. The summed E-state index contributed by atoms with van der Waals surface area (Å²) in [6, 6.07) is 12.1. The van der Waals surface area contributed by atoms with Crippen molar-refractivity contribution in [3.8, 4) is 0 Å². The van der Waals surface area contributed by atoms with E-state index in [-0.39, 0.29) is 11.9 Å². The van der Waals surface area contributed by atoms with Crippen LogP contribution in [0.2, 0.25) is 0 Å². The Morgan fingerprint density at radius 2 is 2.14 bits per heavy atom. The van der Waals surface area contributed by atoms with Crippen LogP contribution in [-0.4, -0.2) is 12.0 Å². The normalized spacial score (nSPS) is 12.7. The van der Waals surface area contributed by atoms with Crippen molar-refractivity contribution in [2.75, 3.05) is 7.05 Å². The van der Waals surface area contributed by atoms with Crippen LogP contribution >= 0.6 is 0 Å². The van der Waals surface area contributed by atoms with E-state index in [1.54, 1.807) is 6.07 Å². The topological polar surface area (TPSA) is 58.0 Å². The lowest BCUT2D eigenvalue weighted by atomic mass is 9.98. The summed E-state index contributed by atoms with van der Waals surface area (Å²) in [7, 11) is 1.85. The molecule has 5 heteroatoms. The molecule has 0 aliphatic carbocycles. The van der Waals surface area contributed by atoms with Gasteiger partial charge < -0.3 is 9.73 Å². The second-order valence-electron chi connectivity index (χ2n) is 4.95. The highest BCUT2D eigenvalue weighted by atomic mass is 19.1. The maximum atomic E-state index is 13.3. The van der Waals surface area contributed by atoms with Gasteiger partial charge in [-0.15, -0.1) is 0 Å². The molecular formula is C16H15FN2O2.